The summed E-state index contributed by atoms with van der Waals surface area (Å²) in [5, 5.41) is 33.6. The largest absolute Gasteiger partial charge is 0.504 e. The number of allylic oxidation sites excluding steroid dienone is 2. The van der Waals surface area contributed by atoms with Gasteiger partial charge in [-0.15, -0.1) is 0 Å². The average Bonchev–Trinajstić information content (AvgIpc) is 1.41. The summed E-state index contributed by atoms with van der Waals surface area (Å²) in [6.45, 7) is 9.26. The molecule has 10 aliphatic heterocycles. The Morgan fingerprint density at radius 2 is 1.05 bits per heavy atom. The van der Waals surface area contributed by atoms with E-state index in [0.29, 0.717) is 97.4 Å². The maximum atomic E-state index is 14.2. The predicted molar refractivity (Wildman–Crippen MR) is 338 cm³/mol. The third kappa shape index (κ3) is 8.93. The number of amides is 4. The van der Waals surface area contributed by atoms with E-state index < -0.39 is 102 Å². The number of methoxy groups -OCH3 is 2. The minimum atomic E-state index is -0.824. The number of Topliss-reactive ketones (excluding diaryl/α,β-unsaturated/α-hetero) is 2. The SMILES string of the molecule is COC1=C(C)C(=O)C2C[C@H]3[C@H](C#N)N4[C@@H](CN5C(=O)c6ccccc6C5=O)c5c(c(OC(C)=O)c(C)c6c5OCO6)C[C@H]4[C@@H](C2C1=O)N3C.COc1c(C)cc2c(c1O)[C@@H]1[C@@H]3Cc4c(OC(C)=O)c(C)c5c(c4[C@H](CN4C(=O)c6ccccc6C4=O)N3[C@@H](C#N)[C@H](C2)N1C)OCO5. The van der Waals surface area contributed by atoms with E-state index in [9.17, 15) is 54.0 Å². The van der Waals surface area contributed by atoms with Crippen molar-refractivity contribution in [3.05, 3.63) is 138 Å². The lowest BCUT2D eigenvalue weighted by molar-refractivity contribution is -0.158. The van der Waals surface area contributed by atoms with Crippen LogP contribution in [0.3, 0.4) is 0 Å². The number of fused-ring (bicyclic) bond motifs is 20. The Hall–Kier alpha value is -10.2. The van der Waals surface area contributed by atoms with Crippen LogP contribution < -0.4 is 33.2 Å². The molecule has 4 amide bonds. The number of aryl methyl sites for hydroxylation is 1. The van der Waals surface area contributed by atoms with Crippen molar-refractivity contribution in [2.45, 2.75) is 128 Å². The van der Waals surface area contributed by atoms with Crippen molar-refractivity contribution in [2.75, 3.05) is 55.0 Å². The van der Waals surface area contributed by atoms with Crippen LogP contribution in [-0.2, 0) is 43.2 Å². The van der Waals surface area contributed by atoms with E-state index in [1.54, 1.807) is 69.3 Å². The molecule has 12 atom stereocenters. The van der Waals surface area contributed by atoms with Crippen LogP contribution in [0.25, 0.3) is 0 Å². The van der Waals surface area contributed by atoms with Gasteiger partial charge in [0.15, 0.2) is 46.0 Å². The van der Waals surface area contributed by atoms with Crippen molar-refractivity contribution in [2.24, 2.45) is 11.8 Å². The lowest BCUT2D eigenvalue weighted by Gasteiger charge is -2.63. The van der Waals surface area contributed by atoms with Crippen LogP contribution in [0.5, 0.6) is 46.0 Å². The van der Waals surface area contributed by atoms with Crippen molar-refractivity contribution in [3.8, 4) is 58.1 Å². The topological polar surface area (TPSA) is 298 Å². The van der Waals surface area contributed by atoms with Gasteiger partial charge in [0.2, 0.25) is 19.4 Å². The Labute approximate surface area is 557 Å². The number of hydrogen-bond acceptors (Lipinski definition) is 23. The molecule has 25 nitrogen and oxygen atoms in total. The number of ketones is 2. The summed E-state index contributed by atoms with van der Waals surface area (Å²) in [6.07, 6.45) is 1.26. The molecule has 5 aromatic carbocycles. The summed E-state index contributed by atoms with van der Waals surface area (Å²) in [6, 6.07) is 14.6. The van der Waals surface area contributed by atoms with Crippen molar-refractivity contribution in [1.29, 1.82) is 10.5 Å². The number of imide groups is 2. The first-order valence-electron chi connectivity index (χ1n) is 32.2. The van der Waals surface area contributed by atoms with Crippen LogP contribution in [-0.4, -0.2) is 179 Å². The lowest BCUT2D eigenvalue weighted by atomic mass is 9.61. The number of piperazine rings is 2. The summed E-state index contributed by atoms with van der Waals surface area (Å²) < 4.78 is 46.9. The molecule has 3 fully saturated rings. The van der Waals surface area contributed by atoms with Gasteiger partial charge in [-0.3, -0.25) is 67.8 Å². The second kappa shape index (κ2) is 23.0. The molecule has 1 N–H and O–H groups in total. The van der Waals surface area contributed by atoms with Gasteiger partial charge < -0.3 is 43.0 Å². The van der Waals surface area contributed by atoms with E-state index in [1.807, 2.05) is 36.9 Å². The van der Waals surface area contributed by atoms with E-state index >= 15 is 0 Å². The first-order chi connectivity index (χ1) is 46.6. The van der Waals surface area contributed by atoms with Crippen LogP contribution in [0.4, 0.5) is 0 Å². The fourth-order valence-corrected chi connectivity index (χ4v) is 18.3. The second-order valence-electron chi connectivity index (χ2n) is 26.7. The number of nitriles is 2. The zero-order valence-corrected chi connectivity index (χ0v) is 54.8. The summed E-state index contributed by atoms with van der Waals surface area (Å²) in [4.78, 5) is 119. The molecule has 3 saturated heterocycles. The number of aromatic hydroxyl groups is 1. The number of piperidine rings is 1. The molecule has 4 bridgehead atoms. The number of nitrogens with zero attached hydrogens (tertiary/aromatic N) is 8. The molecule has 16 rings (SSSR count). The Bertz CT molecular complexity index is 4480. The maximum absolute atomic E-state index is 14.2. The highest BCUT2D eigenvalue weighted by atomic mass is 16.7. The number of ether oxygens (including phenoxy) is 8. The molecule has 2 unspecified atom stereocenters. The Morgan fingerprint density at radius 1 is 0.588 bits per heavy atom. The fourth-order valence-electron chi connectivity index (χ4n) is 18.3. The van der Waals surface area contributed by atoms with Crippen LogP contribution in [0.2, 0.25) is 0 Å². The Morgan fingerprint density at radius 3 is 1.52 bits per heavy atom. The van der Waals surface area contributed by atoms with E-state index in [0.717, 1.165) is 11.1 Å². The minimum absolute atomic E-state index is 0.0330. The molecule has 0 aromatic heterocycles. The van der Waals surface area contributed by atoms with Gasteiger partial charge in [0, 0.05) is 108 Å². The number of carbonyl (C=O) groups excluding carboxylic acids is 8. The predicted octanol–water partition coefficient (Wildman–Crippen LogP) is 6.24. The Balaban J connectivity index is 0.000000159. The van der Waals surface area contributed by atoms with Crippen molar-refractivity contribution >= 4 is 47.1 Å². The normalized spacial score (nSPS) is 27.6. The van der Waals surface area contributed by atoms with Gasteiger partial charge in [-0.05, 0) is 103 Å². The van der Waals surface area contributed by atoms with Crippen molar-refractivity contribution < 1.29 is 81.4 Å². The van der Waals surface area contributed by atoms with Crippen LogP contribution in [0, 0.1) is 55.3 Å². The molecule has 10 heterocycles. The van der Waals surface area contributed by atoms with Gasteiger partial charge in [-0.1, -0.05) is 30.3 Å². The molecule has 11 aliphatic rings. The number of phenols is 1. The Kier molecular flexibility index (Phi) is 14.9. The number of hydrogen-bond donors (Lipinski definition) is 1. The van der Waals surface area contributed by atoms with Gasteiger partial charge in [-0.25, -0.2) is 0 Å². The van der Waals surface area contributed by atoms with Crippen LogP contribution in [0.15, 0.2) is 65.9 Å². The van der Waals surface area contributed by atoms with E-state index in [1.165, 1.54) is 37.9 Å². The fraction of sp³-hybridized carbons (Fsp3) is 0.417. The summed E-state index contributed by atoms with van der Waals surface area (Å²) in [5.41, 5.74) is 7.48. The maximum Gasteiger partial charge on any atom is 0.308 e. The van der Waals surface area contributed by atoms with Gasteiger partial charge in [0.05, 0.1) is 72.7 Å². The zero-order chi connectivity index (χ0) is 68.4. The summed E-state index contributed by atoms with van der Waals surface area (Å²) >= 11 is 0. The third-order valence-electron chi connectivity index (χ3n) is 22.1. The standard InChI is InChI=1S/C36H34N4O9.C36H34N4O8/c1-15-29(42)20-10-22-24(12-37)40-23(28(38(22)4)27(20)30(43)32(15)46-5)11-21-26(34-33(47-14-48-34)16(2)31(21)49-17(3)41)25(40)13-39-35(44)18-8-6-7-9-19(18)36(39)45;1-16-10-19-11-23-25(13-37)40-24(29(38(23)4)27(19)30(42)31(16)45-5)12-22-28(34-33(46-15-47-34)17(2)32(22)48-18(3)41)26(40)14-39-35(43)20-8-6-7-9-21(20)36(39)44/h6-9,20,22-25,27-28H,10-11,13-14H2,1-5H3;6-10,23-26,29,42H,11-12,14-15H2,1-5H3/t20?,22-,23-,24-,25-,27?,28-;23-,24-,25-,26-,29-/m00/s1. The van der Waals surface area contributed by atoms with Crippen LogP contribution >= 0.6 is 0 Å². The number of rotatable bonds is 8. The van der Waals surface area contributed by atoms with Crippen molar-refractivity contribution in [3.63, 3.8) is 0 Å². The smallest absolute Gasteiger partial charge is 0.308 e. The molecule has 498 valence electrons. The number of carbonyl (C=O) groups is 8. The molecular formula is C72H68N8O17. The molecule has 0 saturated carbocycles. The van der Waals surface area contributed by atoms with Gasteiger partial charge in [0.1, 0.15) is 23.6 Å². The van der Waals surface area contributed by atoms with Gasteiger partial charge in [0.25, 0.3) is 23.6 Å². The van der Waals surface area contributed by atoms with Gasteiger partial charge >= 0.3 is 11.9 Å². The first kappa shape index (κ1) is 62.9. The second-order valence-corrected chi connectivity index (χ2v) is 26.7. The third-order valence-corrected chi connectivity index (χ3v) is 22.1. The number of phenolic OH excluding ortho intramolecular Hbond substituents is 1. The molecule has 5 aromatic rings. The molecule has 97 heavy (non-hydrogen) atoms. The highest BCUT2D eigenvalue weighted by Crippen LogP contribution is 2.61. The minimum Gasteiger partial charge on any atom is -0.504 e. The van der Waals surface area contributed by atoms with Crippen molar-refractivity contribution in [1.82, 2.24) is 29.4 Å². The first-order valence-corrected chi connectivity index (χ1v) is 32.2. The lowest BCUT2D eigenvalue weighted by Crippen LogP contribution is -2.76. The molecule has 0 radical (unpaired) electrons. The molecule has 1 aliphatic carbocycles. The summed E-state index contributed by atoms with van der Waals surface area (Å²) in [5.74, 6) is -2.06. The molecular weight excluding hydrogens is 1250 g/mol. The van der Waals surface area contributed by atoms with E-state index in [-0.39, 0.29) is 91.1 Å². The average molecular weight is 1320 g/mol. The van der Waals surface area contributed by atoms with Crippen LogP contribution in [0.1, 0.15) is 137 Å². The highest BCUT2D eigenvalue weighted by Gasteiger charge is 2.64. The number of benzene rings is 5. The highest BCUT2D eigenvalue weighted by molar-refractivity contribution is 6.22. The number of esters is 2. The van der Waals surface area contributed by atoms with E-state index in [2.05, 4.69) is 21.9 Å². The molecule has 0 spiro atoms. The monoisotopic (exact) mass is 1320 g/mol. The quantitative estimate of drug-likeness (QED) is 0.102. The molecule has 25 heteroatoms. The van der Waals surface area contributed by atoms with E-state index in [4.69, 9.17) is 37.9 Å². The zero-order valence-electron chi connectivity index (χ0n) is 54.8. The summed E-state index contributed by atoms with van der Waals surface area (Å²) in [7, 11) is 6.73. The number of likely N-dealkylation sites (N-methyl/N-ethyl adjacent to an activating group) is 2. The van der Waals surface area contributed by atoms with Gasteiger partial charge in [-0.2, -0.15) is 10.5 Å².